The largest absolute Gasteiger partial charge is 0.416 e. The van der Waals surface area contributed by atoms with Crippen molar-refractivity contribution in [2.24, 2.45) is 10.9 Å². The molecule has 0 aliphatic rings. The summed E-state index contributed by atoms with van der Waals surface area (Å²) >= 11 is 0. The summed E-state index contributed by atoms with van der Waals surface area (Å²) in [5.41, 5.74) is 0.103. The van der Waals surface area contributed by atoms with Gasteiger partial charge in [-0.1, -0.05) is 19.1 Å². The number of hydrogen-bond acceptors (Lipinski definition) is 2. The molecule has 25 heavy (non-hydrogen) atoms. The van der Waals surface area contributed by atoms with E-state index in [2.05, 4.69) is 27.6 Å². The van der Waals surface area contributed by atoms with Gasteiger partial charge in [0.15, 0.2) is 5.96 Å². The summed E-state index contributed by atoms with van der Waals surface area (Å²) in [5, 5.41) is 10.5. The van der Waals surface area contributed by atoms with Gasteiger partial charge in [-0.25, -0.2) is 0 Å². The molecule has 1 heterocycles. The van der Waals surface area contributed by atoms with Gasteiger partial charge in [0.05, 0.1) is 5.56 Å². The van der Waals surface area contributed by atoms with Gasteiger partial charge in [0.25, 0.3) is 0 Å². The molecule has 0 fully saturated rings. The van der Waals surface area contributed by atoms with Gasteiger partial charge in [-0.2, -0.15) is 18.3 Å². The molecule has 0 saturated carbocycles. The average Bonchev–Trinajstić information content (AvgIpc) is 3.07. The summed E-state index contributed by atoms with van der Waals surface area (Å²) in [6, 6.07) is 6.97. The third-order valence-electron chi connectivity index (χ3n) is 3.64. The maximum Gasteiger partial charge on any atom is 0.416 e. The molecule has 0 amide bonds. The Morgan fingerprint density at radius 2 is 1.96 bits per heavy atom. The highest BCUT2D eigenvalue weighted by atomic mass is 19.4. The predicted octanol–water partition coefficient (Wildman–Crippen LogP) is 2.90. The molecular formula is C17H22F3N5. The molecule has 0 bridgehead atoms. The average molecular weight is 353 g/mol. The van der Waals surface area contributed by atoms with Gasteiger partial charge in [0, 0.05) is 39.1 Å². The van der Waals surface area contributed by atoms with E-state index >= 15 is 0 Å². The lowest BCUT2D eigenvalue weighted by molar-refractivity contribution is -0.137. The van der Waals surface area contributed by atoms with E-state index in [1.807, 2.05) is 16.9 Å². The quantitative estimate of drug-likeness (QED) is 0.620. The summed E-state index contributed by atoms with van der Waals surface area (Å²) in [5.74, 6) is 0.941. The Morgan fingerprint density at radius 1 is 1.24 bits per heavy atom. The standard InChI is InChI=1S/C17H22F3N5/c1-13(12-25-9-3-8-24-25)10-22-16(21-2)23-11-14-4-6-15(7-5-14)17(18,19)20/h3-9,13H,10-12H2,1-2H3,(H2,21,22,23). The Kier molecular flexibility index (Phi) is 6.44. The third kappa shape index (κ3) is 6.13. The van der Waals surface area contributed by atoms with Crippen molar-refractivity contribution < 1.29 is 13.2 Å². The zero-order chi connectivity index (χ0) is 18.3. The zero-order valence-electron chi connectivity index (χ0n) is 14.2. The van der Waals surface area contributed by atoms with E-state index in [1.165, 1.54) is 12.1 Å². The molecule has 136 valence electrons. The number of benzene rings is 1. The first kappa shape index (κ1) is 18.8. The highest BCUT2D eigenvalue weighted by Gasteiger charge is 2.29. The Hall–Kier alpha value is -2.51. The second-order valence-electron chi connectivity index (χ2n) is 5.83. The first-order valence-corrected chi connectivity index (χ1v) is 7.96. The van der Waals surface area contributed by atoms with Crippen molar-refractivity contribution in [3.8, 4) is 0 Å². The minimum absolute atomic E-state index is 0.338. The number of nitrogens with one attached hydrogen (secondary N) is 2. The van der Waals surface area contributed by atoms with Crippen LogP contribution in [0.4, 0.5) is 13.2 Å². The molecule has 0 aliphatic carbocycles. The smallest absolute Gasteiger partial charge is 0.356 e. The Bertz CT molecular complexity index is 663. The van der Waals surface area contributed by atoms with E-state index in [0.717, 1.165) is 24.2 Å². The van der Waals surface area contributed by atoms with Gasteiger partial charge >= 0.3 is 6.18 Å². The van der Waals surface area contributed by atoms with Crippen LogP contribution in [0.5, 0.6) is 0 Å². The van der Waals surface area contributed by atoms with Crippen molar-refractivity contribution in [1.29, 1.82) is 0 Å². The molecule has 1 aromatic carbocycles. The SMILES string of the molecule is CN=C(NCc1ccc(C(F)(F)F)cc1)NCC(C)Cn1cccn1. The van der Waals surface area contributed by atoms with Gasteiger partial charge in [0.1, 0.15) is 0 Å². The van der Waals surface area contributed by atoms with Crippen molar-refractivity contribution in [3.63, 3.8) is 0 Å². The molecule has 0 saturated heterocycles. The van der Waals surface area contributed by atoms with Crippen molar-refractivity contribution >= 4 is 5.96 Å². The lowest BCUT2D eigenvalue weighted by atomic mass is 10.1. The monoisotopic (exact) mass is 353 g/mol. The van der Waals surface area contributed by atoms with E-state index in [9.17, 15) is 13.2 Å². The maximum absolute atomic E-state index is 12.5. The molecule has 2 rings (SSSR count). The topological polar surface area (TPSA) is 54.2 Å². The number of rotatable bonds is 6. The molecule has 0 radical (unpaired) electrons. The Labute approximate surface area is 145 Å². The molecule has 8 heteroatoms. The fourth-order valence-electron chi connectivity index (χ4n) is 2.28. The number of guanidine groups is 1. The normalized spacial score (nSPS) is 13.6. The molecule has 0 aliphatic heterocycles. The van der Waals surface area contributed by atoms with Gasteiger partial charge in [-0.15, -0.1) is 0 Å². The minimum Gasteiger partial charge on any atom is -0.356 e. The third-order valence-corrected chi connectivity index (χ3v) is 3.64. The van der Waals surface area contributed by atoms with Crippen LogP contribution in [0.1, 0.15) is 18.1 Å². The maximum atomic E-state index is 12.5. The van der Waals surface area contributed by atoms with Gasteiger partial charge in [0.2, 0.25) is 0 Å². The van der Waals surface area contributed by atoms with Crippen LogP contribution in [0, 0.1) is 5.92 Å². The molecule has 0 spiro atoms. The number of nitrogens with zero attached hydrogens (tertiary/aromatic N) is 3. The summed E-state index contributed by atoms with van der Waals surface area (Å²) in [7, 11) is 1.65. The fourth-order valence-corrected chi connectivity index (χ4v) is 2.28. The van der Waals surface area contributed by atoms with E-state index < -0.39 is 11.7 Å². The summed E-state index contributed by atoms with van der Waals surface area (Å²) < 4.78 is 39.5. The summed E-state index contributed by atoms with van der Waals surface area (Å²) in [4.78, 5) is 4.12. The number of hydrogen-bond donors (Lipinski definition) is 2. The summed E-state index contributed by atoms with van der Waals surface area (Å²) in [6.45, 7) is 3.98. The second kappa shape index (κ2) is 8.55. The number of aliphatic imine (C=N–C) groups is 1. The van der Waals surface area contributed by atoms with Gasteiger partial charge in [-0.3, -0.25) is 9.67 Å². The highest BCUT2D eigenvalue weighted by Crippen LogP contribution is 2.28. The van der Waals surface area contributed by atoms with Crippen molar-refractivity contribution in [2.75, 3.05) is 13.6 Å². The molecule has 1 aromatic heterocycles. The number of aromatic nitrogens is 2. The summed E-state index contributed by atoms with van der Waals surface area (Å²) in [6.07, 6.45) is -0.660. The van der Waals surface area contributed by atoms with Crippen LogP contribution in [-0.2, 0) is 19.3 Å². The molecule has 5 nitrogen and oxygen atoms in total. The predicted molar refractivity (Wildman–Crippen MR) is 91.0 cm³/mol. The number of alkyl halides is 3. The molecule has 1 atom stereocenters. The van der Waals surface area contributed by atoms with Crippen molar-refractivity contribution in [2.45, 2.75) is 26.2 Å². The van der Waals surface area contributed by atoms with Crippen LogP contribution in [0.15, 0.2) is 47.7 Å². The van der Waals surface area contributed by atoms with E-state index in [1.54, 1.807) is 13.2 Å². The number of halogens is 3. The van der Waals surface area contributed by atoms with Gasteiger partial charge < -0.3 is 10.6 Å². The van der Waals surface area contributed by atoms with E-state index in [-0.39, 0.29) is 0 Å². The van der Waals surface area contributed by atoms with Crippen LogP contribution in [0.3, 0.4) is 0 Å². The molecule has 1 unspecified atom stereocenters. The minimum atomic E-state index is -4.31. The van der Waals surface area contributed by atoms with Crippen molar-refractivity contribution in [3.05, 3.63) is 53.9 Å². The van der Waals surface area contributed by atoms with Crippen LogP contribution in [-0.4, -0.2) is 29.3 Å². The van der Waals surface area contributed by atoms with Crippen molar-refractivity contribution in [1.82, 2.24) is 20.4 Å². The Balaban J connectivity index is 1.78. The highest BCUT2D eigenvalue weighted by molar-refractivity contribution is 5.79. The Morgan fingerprint density at radius 3 is 2.52 bits per heavy atom. The van der Waals surface area contributed by atoms with Crippen LogP contribution < -0.4 is 10.6 Å². The lowest BCUT2D eigenvalue weighted by Gasteiger charge is -2.16. The second-order valence-corrected chi connectivity index (χ2v) is 5.83. The van der Waals surface area contributed by atoms with Gasteiger partial charge in [-0.05, 0) is 29.7 Å². The fraction of sp³-hybridized carbons (Fsp3) is 0.412. The molecule has 2 aromatic rings. The van der Waals surface area contributed by atoms with E-state index in [4.69, 9.17) is 0 Å². The van der Waals surface area contributed by atoms with Crippen LogP contribution in [0.2, 0.25) is 0 Å². The molecule has 2 N–H and O–H groups in total. The lowest BCUT2D eigenvalue weighted by Crippen LogP contribution is -2.39. The van der Waals surface area contributed by atoms with E-state index in [0.29, 0.717) is 25.0 Å². The molecular weight excluding hydrogens is 331 g/mol. The van der Waals surface area contributed by atoms with Crippen LogP contribution >= 0.6 is 0 Å². The first-order valence-electron chi connectivity index (χ1n) is 7.96. The zero-order valence-corrected chi connectivity index (χ0v) is 14.2. The van der Waals surface area contributed by atoms with Crippen LogP contribution in [0.25, 0.3) is 0 Å². The first-order chi connectivity index (χ1) is 11.9.